The Morgan fingerprint density at radius 2 is 1.91 bits per heavy atom. The van der Waals surface area contributed by atoms with Crippen molar-refractivity contribution in [2.75, 3.05) is 13.1 Å². The Bertz CT molecular complexity index is 555. The van der Waals surface area contributed by atoms with Gasteiger partial charge in [0.1, 0.15) is 0 Å². The minimum absolute atomic E-state index is 0.0131. The number of carboxylic acid groups (broad SMARTS) is 1. The van der Waals surface area contributed by atoms with E-state index in [9.17, 15) is 14.7 Å². The van der Waals surface area contributed by atoms with E-state index in [1.165, 1.54) is 0 Å². The average molecular weight is 317 g/mol. The number of carbonyl (C=O) groups excluding carboxylic acids is 1. The summed E-state index contributed by atoms with van der Waals surface area (Å²) in [7, 11) is 0. The smallest absolute Gasteiger partial charge is 0.311 e. The first-order chi connectivity index (χ1) is 10.9. The largest absolute Gasteiger partial charge is 0.481 e. The highest BCUT2D eigenvalue weighted by atomic mass is 16.4. The number of benzene rings is 1. The Balaban J connectivity index is 2.20. The van der Waals surface area contributed by atoms with Crippen molar-refractivity contribution in [3.63, 3.8) is 0 Å². The maximum atomic E-state index is 13.0. The second-order valence-corrected chi connectivity index (χ2v) is 6.88. The van der Waals surface area contributed by atoms with E-state index in [1.54, 1.807) is 4.90 Å². The predicted octanol–water partition coefficient (Wildman–Crippen LogP) is 3.53. The van der Waals surface area contributed by atoms with Crippen molar-refractivity contribution < 1.29 is 14.7 Å². The molecule has 1 aromatic carbocycles. The van der Waals surface area contributed by atoms with Gasteiger partial charge in [-0.15, -0.1) is 0 Å². The Kier molecular flexibility index (Phi) is 5.45. The Hall–Kier alpha value is -1.84. The standard InChI is InChI=1S/C19H27NO3/c1-4-8-16(15-9-6-5-7-10-15)17(21)20-12-11-19(13-20,14(2)3)18(22)23/h5-7,9-10,14,16H,4,8,11-13H2,1-3H3,(H,22,23). The quantitative estimate of drug-likeness (QED) is 0.873. The van der Waals surface area contributed by atoms with Crippen molar-refractivity contribution in [3.05, 3.63) is 35.9 Å². The predicted molar refractivity (Wildman–Crippen MR) is 90.2 cm³/mol. The minimum Gasteiger partial charge on any atom is -0.481 e. The molecule has 1 saturated heterocycles. The molecule has 23 heavy (non-hydrogen) atoms. The van der Waals surface area contributed by atoms with Gasteiger partial charge >= 0.3 is 5.97 Å². The fourth-order valence-corrected chi connectivity index (χ4v) is 3.54. The molecule has 1 heterocycles. The van der Waals surface area contributed by atoms with E-state index >= 15 is 0 Å². The summed E-state index contributed by atoms with van der Waals surface area (Å²) in [6.07, 6.45) is 2.26. The summed E-state index contributed by atoms with van der Waals surface area (Å²) in [5.74, 6) is -0.867. The lowest BCUT2D eigenvalue weighted by Crippen LogP contribution is -2.41. The van der Waals surface area contributed by atoms with Crippen LogP contribution in [0.2, 0.25) is 0 Å². The molecule has 2 atom stereocenters. The van der Waals surface area contributed by atoms with Gasteiger partial charge < -0.3 is 10.0 Å². The van der Waals surface area contributed by atoms with Crippen molar-refractivity contribution in [3.8, 4) is 0 Å². The number of hydrogen-bond donors (Lipinski definition) is 1. The van der Waals surface area contributed by atoms with Crippen molar-refractivity contribution in [2.24, 2.45) is 11.3 Å². The number of carbonyl (C=O) groups is 2. The van der Waals surface area contributed by atoms with E-state index in [-0.39, 0.29) is 17.7 Å². The van der Waals surface area contributed by atoms with E-state index in [2.05, 4.69) is 6.92 Å². The lowest BCUT2D eigenvalue weighted by Gasteiger charge is -2.30. The summed E-state index contributed by atoms with van der Waals surface area (Å²) < 4.78 is 0. The summed E-state index contributed by atoms with van der Waals surface area (Å²) >= 11 is 0. The van der Waals surface area contributed by atoms with Crippen LogP contribution in [0.1, 0.15) is 51.5 Å². The van der Waals surface area contributed by atoms with Crippen LogP contribution in [-0.2, 0) is 9.59 Å². The molecule has 0 aromatic heterocycles. The third-order valence-electron chi connectivity index (χ3n) is 5.22. The molecule has 1 amide bonds. The average Bonchev–Trinajstić information content (AvgIpc) is 2.99. The summed E-state index contributed by atoms with van der Waals surface area (Å²) in [6.45, 7) is 6.80. The maximum absolute atomic E-state index is 13.0. The molecule has 0 saturated carbocycles. The van der Waals surface area contributed by atoms with Gasteiger partial charge in [-0.05, 0) is 24.3 Å². The second kappa shape index (κ2) is 7.16. The van der Waals surface area contributed by atoms with Crippen LogP contribution in [0.25, 0.3) is 0 Å². The molecular weight excluding hydrogens is 290 g/mol. The molecule has 1 N–H and O–H groups in total. The molecular formula is C19H27NO3. The van der Waals surface area contributed by atoms with Gasteiger partial charge in [0, 0.05) is 13.1 Å². The van der Waals surface area contributed by atoms with Crippen molar-refractivity contribution >= 4 is 11.9 Å². The van der Waals surface area contributed by atoms with Crippen LogP contribution < -0.4 is 0 Å². The van der Waals surface area contributed by atoms with Crippen LogP contribution in [0.5, 0.6) is 0 Å². The second-order valence-electron chi connectivity index (χ2n) is 6.88. The fraction of sp³-hybridized carbons (Fsp3) is 0.579. The number of nitrogens with zero attached hydrogens (tertiary/aromatic N) is 1. The van der Waals surface area contributed by atoms with Crippen molar-refractivity contribution in [1.82, 2.24) is 4.90 Å². The van der Waals surface area contributed by atoms with Gasteiger partial charge in [-0.2, -0.15) is 0 Å². The summed E-state index contributed by atoms with van der Waals surface area (Å²) in [5.41, 5.74) is 0.222. The molecule has 2 unspecified atom stereocenters. The SMILES string of the molecule is CCCC(C(=O)N1CCC(C(=O)O)(C(C)C)C1)c1ccccc1. The van der Waals surface area contributed by atoms with Gasteiger partial charge in [-0.3, -0.25) is 9.59 Å². The molecule has 0 radical (unpaired) electrons. The third-order valence-corrected chi connectivity index (χ3v) is 5.22. The number of rotatable bonds is 6. The van der Waals surface area contributed by atoms with Gasteiger partial charge in [0.05, 0.1) is 11.3 Å². The van der Waals surface area contributed by atoms with Crippen LogP contribution in [0, 0.1) is 11.3 Å². The monoisotopic (exact) mass is 317 g/mol. The normalized spacial score (nSPS) is 22.3. The molecule has 0 aliphatic carbocycles. The topological polar surface area (TPSA) is 57.6 Å². The number of hydrogen-bond acceptors (Lipinski definition) is 2. The molecule has 4 nitrogen and oxygen atoms in total. The van der Waals surface area contributed by atoms with Crippen molar-refractivity contribution in [1.29, 1.82) is 0 Å². The minimum atomic E-state index is -0.802. The first-order valence-electron chi connectivity index (χ1n) is 8.49. The molecule has 2 rings (SSSR count). The van der Waals surface area contributed by atoms with Crippen LogP contribution in [0.3, 0.4) is 0 Å². The van der Waals surface area contributed by atoms with Gasteiger partial charge in [-0.25, -0.2) is 0 Å². The zero-order valence-corrected chi connectivity index (χ0v) is 14.3. The Morgan fingerprint density at radius 3 is 2.39 bits per heavy atom. The Labute approximate surface area is 138 Å². The number of likely N-dealkylation sites (tertiary alicyclic amines) is 1. The lowest BCUT2D eigenvalue weighted by molar-refractivity contribution is -0.151. The highest BCUT2D eigenvalue weighted by molar-refractivity contribution is 5.85. The lowest BCUT2D eigenvalue weighted by atomic mass is 9.76. The number of aliphatic carboxylic acids is 1. The maximum Gasteiger partial charge on any atom is 0.311 e. The number of carboxylic acids is 1. The van der Waals surface area contributed by atoms with Gasteiger partial charge in [0.25, 0.3) is 0 Å². The van der Waals surface area contributed by atoms with Crippen molar-refractivity contribution in [2.45, 2.75) is 46.0 Å². The first kappa shape index (κ1) is 17.5. The van der Waals surface area contributed by atoms with Crippen LogP contribution in [0.4, 0.5) is 0 Å². The molecule has 4 heteroatoms. The molecule has 1 fully saturated rings. The highest BCUT2D eigenvalue weighted by Crippen LogP contribution is 2.39. The zero-order chi connectivity index (χ0) is 17.0. The van der Waals surface area contributed by atoms with Gasteiger partial charge in [0.2, 0.25) is 5.91 Å². The van der Waals surface area contributed by atoms with E-state index in [0.29, 0.717) is 19.5 Å². The Morgan fingerprint density at radius 1 is 1.26 bits per heavy atom. The van der Waals surface area contributed by atoms with Gasteiger partial charge in [-0.1, -0.05) is 57.5 Å². The summed E-state index contributed by atoms with van der Waals surface area (Å²) in [6, 6.07) is 9.82. The molecule has 0 bridgehead atoms. The molecule has 1 aromatic rings. The third kappa shape index (κ3) is 3.41. The van der Waals surface area contributed by atoms with E-state index in [1.807, 2.05) is 44.2 Å². The van der Waals surface area contributed by atoms with E-state index in [0.717, 1.165) is 18.4 Å². The highest BCUT2D eigenvalue weighted by Gasteiger charge is 2.49. The molecule has 126 valence electrons. The van der Waals surface area contributed by atoms with Gasteiger partial charge in [0.15, 0.2) is 0 Å². The molecule has 0 spiro atoms. The summed E-state index contributed by atoms with van der Waals surface area (Å²) in [4.78, 5) is 26.5. The molecule has 1 aliphatic heterocycles. The van der Waals surface area contributed by atoms with Crippen LogP contribution >= 0.6 is 0 Å². The zero-order valence-electron chi connectivity index (χ0n) is 14.3. The van der Waals surface area contributed by atoms with E-state index in [4.69, 9.17) is 0 Å². The number of amides is 1. The van der Waals surface area contributed by atoms with E-state index < -0.39 is 11.4 Å². The molecule has 1 aliphatic rings. The summed E-state index contributed by atoms with van der Waals surface area (Å²) in [5, 5.41) is 9.65. The van der Waals surface area contributed by atoms with Crippen LogP contribution in [0.15, 0.2) is 30.3 Å². The first-order valence-corrected chi connectivity index (χ1v) is 8.49. The fourth-order valence-electron chi connectivity index (χ4n) is 3.54. The van der Waals surface area contributed by atoms with Crippen LogP contribution in [-0.4, -0.2) is 35.0 Å².